The predicted molar refractivity (Wildman–Crippen MR) is 75.9 cm³/mol. The quantitative estimate of drug-likeness (QED) is 0.794. The van der Waals surface area contributed by atoms with Gasteiger partial charge in [0.2, 0.25) is 5.91 Å². The number of rotatable bonds is 3. The maximum atomic E-state index is 12.6. The number of amides is 1. The lowest BCUT2D eigenvalue weighted by Crippen LogP contribution is -2.39. The minimum Gasteiger partial charge on any atom is -0.314 e. The second-order valence-corrected chi connectivity index (χ2v) is 6.41. The van der Waals surface area contributed by atoms with E-state index >= 15 is 0 Å². The van der Waals surface area contributed by atoms with Crippen LogP contribution in [0.15, 0.2) is 24.3 Å². The number of carbonyl (C=O) groups is 1. The van der Waals surface area contributed by atoms with E-state index in [-0.39, 0.29) is 16.7 Å². The lowest BCUT2D eigenvalue weighted by molar-refractivity contribution is -0.123. The summed E-state index contributed by atoms with van der Waals surface area (Å²) in [4.78, 5) is 14.4. The number of hydrogen-bond donors (Lipinski definition) is 0. The molecule has 1 aromatic carbocycles. The maximum Gasteiger partial charge on any atom is 0.237 e. The molecule has 1 aromatic rings. The Morgan fingerprint density at radius 3 is 2.50 bits per heavy atom. The molecule has 0 spiro atoms. The normalized spacial score (nSPS) is 23.4. The number of hydrogen-bond acceptors (Lipinski definition) is 1. The number of fused-ring (bicyclic) bond motifs is 1. The number of likely N-dealkylation sites (N-methyl/N-ethyl adjacent to an activating group) is 1. The Hall–Kier alpha value is -1.31. The van der Waals surface area contributed by atoms with E-state index in [1.54, 1.807) is 4.90 Å². The molecule has 1 aliphatic rings. The molecule has 1 atom stereocenters. The van der Waals surface area contributed by atoms with Crippen LogP contribution in [0.25, 0.3) is 0 Å². The molecule has 2 rings (SSSR count). The fourth-order valence-corrected chi connectivity index (χ4v) is 3.08. The molecular formula is C16H23NO. The minimum atomic E-state index is -0.370. The topological polar surface area (TPSA) is 20.3 Å². The monoisotopic (exact) mass is 245 g/mol. The van der Waals surface area contributed by atoms with Gasteiger partial charge in [-0.05, 0) is 30.4 Å². The van der Waals surface area contributed by atoms with Gasteiger partial charge in [0, 0.05) is 12.7 Å². The summed E-state index contributed by atoms with van der Waals surface area (Å²) < 4.78 is 0. The van der Waals surface area contributed by atoms with Gasteiger partial charge in [-0.25, -0.2) is 0 Å². The SMILES string of the molecule is CCC(C)(C)C[C@@]1(C)C(=O)N(C)c2ccccc21. The molecule has 18 heavy (non-hydrogen) atoms. The van der Waals surface area contributed by atoms with Crippen LogP contribution in [0.4, 0.5) is 5.69 Å². The summed E-state index contributed by atoms with van der Waals surface area (Å²) in [5.41, 5.74) is 2.06. The second-order valence-electron chi connectivity index (χ2n) is 6.41. The molecule has 0 radical (unpaired) electrons. The fraction of sp³-hybridized carbons (Fsp3) is 0.562. The van der Waals surface area contributed by atoms with Crippen molar-refractivity contribution in [1.82, 2.24) is 0 Å². The number of anilines is 1. The highest BCUT2D eigenvalue weighted by Gasteiger charge is 2.47. The Morgan fingerprint density at radius 1 is 1.28 bits per heavy atom. The average molecular weight is 245 g/mol. The lowest BCUT2D eigenvalue weighted by Gasteiger charge is -2.33. The smallest absolute Gasteiger partial charge is 0.237 e. The van der Waals surface area contributed by atoms with Crippen LogP contribution in [-0.2, 0) is 10.2 Å². The first-order chi connectivity index (χ1) is 8.32. The van der Waals surface area contributed by atoms with Gasteiger partial charge in [-0.15, -0.1) is 0 Å². The average Bonchev–Trinajstić information content (AvgIpc) is 2.52. The van der Waals surface area contributed by atoms with Crippen LogP contribution in [0.2, 0.25) is 0 Å². The van der Waals surface area contributed by atoms with E-state index in [9.17, 15) is 4.79 Å². The molecule has 0 bridgehead atoms. The molecule has 0 unspecified atom stereocenters. The minimum absolute atomic E-state index is 0.183. The molecule has 0 fully saturated rings. The van der Waals surface area contributed by atoms with Crippen molar-refractivity contribution in [3.8, 4) is 0 Å². The van der Waals surface area contributed by atoms with Gasteiger partial charge in [-0.1, -0.05) is 45.4 Å². The van der Waals surface area contributed by atoms with Crippen molar-refractivity contribution in [2.24, 2.45) is 5.41 Å². The van der Waals surface area contributed by atoms with Gasteiger partial charge >= 0.3 is 0 Å². The Morgan fingerprint density at radius 2 is 1.89 bits per heavy atom. The van der Waals surface area contributed by atoms with Crippen molar-refractivity contribution in [3.05, 3.63) is 29.8 Å². The van der Waals surface area contributed by atoms with Gasteiger partial charge in [0.05, 0.1) is 5.41 Å². The molecule has 98 valence electrons. The molecular weight excluding hydrogens is 222 g/mol. The van der Waals surface area contributed by atoms with E-state index in [2.05, 4.69) is 33.8 Å². The van der Waals surface area contributed by atoms with E-state index in [0.717, 1.165) is 18.5 Å². The van der Waals surface area contributed by atoms with Crippen molar-refractivity contribution < 1.29 is 4.79 Å². The summed E-state index contributed by atoms with van der Waals surface area (Å²) in [5.74, 6) is 0.227. The molecule has 1 amide bonds. The first kappa shape index (κ1) is 13.1. The van der Waals surface area contributed by atoms with E-state index < -0.39 is 0 Å². The summed E-state index contributed by atoms with van der Waals surface area (Å²) in [6, 6.07) is 8.17. The van der Waals surface area contributed by atoms with Gasteiger partial charge in [0.15, 0.2) is 0 Å². The van der Waals surface area contributed by atoms with E-state index in [1.165, 1.54) is 5.56 Å². The van der Waals surface area contributed by atoms with Crippen LogP contribution in [0.1, 0.15) is 46.1 Å². The van der Waals surface area contributed by atoms with Crippen LogP contribution in [-0.4, -0.2) is 13.0 Å². The van der Waals surface area contributed by atoms with Crippen LogP contribution in [0, 0.1) is 5.41 Å². The van der Waals surface area contributed by atoms with E-state index in [4.69, 9.17) is 0 Å². The van der Waals surface area contributed by atoms with Crippen molar-refractivity contribution in [2.45, 2.75) is 46.0 Å². The molecule has 1 aliphatic heterocycles. The Balaban J connectivity index is 2.48. The van der Waals surface area contributed by atoms with Gasteiger partial charge in [-0.3, -0.25) is 4.79 Å². The van der Waals surface area contributed by atoms with Gasteiger partial charge < -0.3 is 4.90 Å². The Bertz CT molecular complexity index is 478. The van der Waals surface area contributed by atoms with Crippen molar-refractivity contribution >= 4 is 11.6 Å². The van der Waals surface area contributed by atoms with Crippen molar-refractivity contribution in [3.63, 3.8) is 0 Å². The van der Waals surface area contributed by atoms with Crippen LogP contribution >= 0.6 is 0 Å². The molecule has 0 saturated heterocycles. The Kier molecular flexibility index (Phi) is 3.00. The fourth-order valence-electron chi connectivity index (χ4n) is 3.08. The van der Waals surface area contributed by atoms with Crippen LogP contribution in [0.3, 0.4) is 0 Å². The molecule has 2 nitrogen and oxygen atoms in total. The predicted octanol–water partition coefficient (Wildman–Crippen LogP) is 3.75. The third kappa shape index (κ3) is 1.84. The summed E-state index contributed by atoms with van der Waals surface area (Å²) >= 11 is 0. The number of benzene rings is 1. The largest absolute Gasteiger partial charge is 0.314 e. The van der Waals surface area contributed by atoms with Crippen molar-refractivity contribution in [2.75, 3.05) is 11.9 Å². The second kappa shape index (κ2) is 4.11. The molecule has 1 heterocycles. The van der Waals surface area contributed by atoms with Gasteiger partial charge in [0.1, 0.15) is 0 Å². The van der Waals surface area contributed by atoms with E-state index in [0.29, 0.717) is 0 Å². The summed E-state index contributed by atoms with van der Waals surface area (Å²) in [5, 5.41) is 0. The number of para-hydroxylation sites is 1. The van der Waals surface area contributed by atoms with Crippen LogP contribution in [0.5, 0.6) is 0 Å². The number of carbonyl (C=O) groups excluding carboxylic acids is 1. The maximum absolute atomic E-state index is 12.6. The zero-order valence-corrected chi connectivity index (χ0v) is 12.1. The highest BCUT2D eigenvalue weighted by Crippen LogP contribution is 2.47. The van der Waals surface area contributed by atoms with Gasteiger partial charge in [-0.2, -0.15) is 0 Å². The first-order valence-corrected chi connectivity index (χ1v) is 6.69. The molecule has 0 saturated carbocycles. The first-order valence-electron chi connectivity index (χ1n) is 6.69. The van der Waals surface area contributed by atoms with Gasteiger partial charge in [0.25, 0.3) is 0 Å². The third-order valence-electron chi connectivity index (χ3n) is 4.43. The summed E-state index contributed by atoms with van der Waals surface area (Å²) in [6.45, 7) is 8.77. The van der Waals surface area contributed by atoms with Crippen molar-refractivity contribution in [1.29, 1.82) is 0 Å². The molecule has 0 aromatic heterocycles. The zero-order chi connectivity index (χ0) is 13.6. The zero-order valence-electron chi connectivity index (χ0n) is 12.1. The summed E-state index contributed by atoms with van der Waals surface area (Å²) in [7, 11) is 1.88. The lowest BCUT2D eigenvalue weighted by atomic mass is 9.70. The number of nitrogens with zero attached hydrogens (tertiary/aromatic N) is 1. The highest BCUT2D eigenvalue weighted by atomic mass is 16.2. The summed E-state index contributed by atoms with van der Waals surface area (Å²) in [6.07, 6.45) is 1.98. The van der Waals surface area contributed by atoms with E-state index in [1.807, 2.05) is 25.2 Å². The molecule has 0 N–H and O–H groups in total. The molecule has 2 heteroatoms. The third-order valence-corrected chi connectivity index (χ3v) is 4.43. The Labute approximate surface area is 110 Å². The van der Waals surface area contributed by atoms with Crippen LogP contribution < -0.4 is 4.90 Å². The highest BCUT2D eigenvalue weighted by molar-refractivity contribution is 6.07. The molecule has 0 aliphatic carbocycles. The standard InChI is InChI=1S/C16H23NO/c1-6-15(2,3)11-16(4)12-9-7-8-10-13(12)17(5)14(16)18/h7-10H,6,11H2,1-5H3/t16-/m1/s1.